The molecule has 0 N–H and O–H groups in total. The Kier molecular flexibility index (Phi) is 2.81. The number of rotatable bonds is 2. The fourth-order valence-corrected chi connectivity index (χ4v) is 3.10. The average molecular weight is 239 g/mol. The van der Waals surface area contributed by atoms with Gasteiger partial charge in [-0.05, 0) is 42.5 Å². The summed E-state index contributed by atoms with van der Waals surface area (Å²) in [4.78, 5) is 12.3. The van der Waals surface area contributed by atoms with Gasteiger partial charge in [-0.3, -0.25) is 4.79 Å². The van der Waals surface area contributed by atoms with Gasteiger partial charge in [0.15, 0.2) is 5.78 Å². The van der Waals surface area contributed by atoms with Crippen LogP contribution in [0.5, 0.6) is 0 Å². The van der Waals surface area contributed by atoms with E-state index in [0.29, 0.717) is 0 Å². The van der Waals surface area contributed by atoms with E-state index in [2.05, 4.69) is 6.92 Å². The highest BCUT2D eigenvalue weighted by Gasteiger charge is 2.13. The second-order valence-electron chi connectivity index (χ2n) is 3.46. The molecule has 1 heterocycles. The van der Waals surface area contributed by atoms with Gasteiger partial charge in [-0.2, -0.15) is 0 Å². The van der Waals surface area contributed by atoms with Crippen molar-refractivity contribution in [2.24, 2.45) is 0 Å². The Labute approximate surface area is 97.7 Å². The molecule has 1 aromatic heterocycles. The predicted octanol–water partition coefficient (Wildman–Crippen LogP) is 4.32. The van der Waals surface area contributed by atoms with Gasteiger partial charge < -0.3 is 0 Å². The van der Waals surface area contributed by atoms with Crippen LogP contribution in [0.4, 0.5) is 0 Å². The minimum atomic E-state index is 0.143. The van der Waals surface area contributed by atoms with Crippen molar-refractivity contribution in [3.8, 4) is 0 Å². The molecule has 15 heavy (non-hydrogen) atoms. The molecule has 0 radical (unpaired) electrons. The zero-order valence-electron chi connectivity index (χ0n) is 8.63. The van der Waals surface area contributed by atoms with Crippen molar-refractivity contribution in [2.75, 3.05) is 0 Å². The Morgan fingerprint density at radius 1 is 1.47 bits per heavy atom. The fourth-order valence-electron chi connectivity index (χ4n) is 1.76. The van der Waals surface area contributed by atoms with Crippen LogP contribution in [0.25, 0.3) is 10.1 Å². The number of thiophene rings is 1. The third-order valence-electron chi connectivity index (χ3n) is 2.43. The van der Waals surface area contributed by atoms with Crippen molar-refractivity contribution in [3.05, 3.63) is 33.7 Å². The number of benzene rings is 1. The number of aryl methyl sites for hydroxylation is 1. The molecule has 0 aliphatic rings. The topological polar surface area (TPSA) is 17.1 Å². The number of hydrogen-bond acceptors (Lipinski definition) is 2. The van der Waals surface area contributed by atoms with Crippen LogP contribution in [0.3, 0.4) is 0 Å². The highest BCUT2D eigenvalue weighted by atomic mass is 35.5. The van der Waals surface area contributed by atoms with E-state index in [1.165, 1.54) is 0 Å². The molecule has 1 nitrogen and oxygen atoms in total. The van der Waals surface area contributed by atoms with Crippen LogP contribution in [0.15, 0.2) is 18.2 Å². The maximum atomic E-state index is 11.5. The molecule has 2 aromatic rings. The van der Waals surface area contributed by atoms with Crippen LogP contribution in [0, 0.1) is 0 Å². The van der Waals surface area contributed by atoms with Gasteiger partial charge in [0, 0.05) is 9.72 Å². The molecule has 0 saturated heterocycles. The second-order valence-corrected chi connectivity index (χ2v) is 4.95. The summed E-state index contributed by atoms with van der Waals surface area (Å²) in [7, 11) is 0. The number of carbonyl (C=O) groups excluding carboxylic acids is 1. The summed E-state index contributed by atoms with van der Waals surface area (Å²) in [6, 6.07) is 5.79. The van der Waals surface area contributed by atoms with Gasteiger partial charge in [0.2, 0.25) is 0 Å². The lowest BCUT2D eigenvalue weighted by Crippen LogP contribution is -1.92. The van der Waals surface area contributed by atoms with Crippen molar-refractivity contribution in [2.45, 2.75) is 20.3 Å². The molecule has 0 bridgehead atoms. The SMILES string of the molecule is CCc1c(C(C)=O)sc2ccc(Cl)cc12. The predicted molar refractivity (Wildman–Crippen MR) is 66.2 cm³/mol. The van der Waals surface area contributed by atoms with E-state index in [-0.39, 0.29) is 5.78 Å². The normalized spacial score (nSPS) is 10.9. The van der Waals surface area contributed by atoms with Gasteiger partial charge in [0.25, 0.3) is 0 Å². The average Bonchev–Trinajstić information content (AvgIpc) is 2.55. The van der Waals surface area contributed by atoms with Crippen molar-refractivity contribution in [1.29, 1.82) is 0 Å². The summed E-state index contributed by atoms with van der Waals surface area (Å²) < 4.78 is 1.14. The van der Waals surface area contributed by atoms with E-state index in [1.54, 1.807) is 18.3 Å². The van der Waals surface area contributed by atoms with Crippen LogP contribution in [-0.2, 0) is 6.42 Å². The molecule has 78 valence electrons. The van der Waals surface area contributed by atoms with Crippen LogP contribution in [-0.4, -0.2) is 5.78 Å². The zero-order valence-corrected chi connectivity index (χ0v) is 10.2. The van der Waals surface area contributed by atoms with E-state index in [0.717, 1.165) is 32.0 Å². The third-order valence-corrected chi connectivity index (χ3v) is 3.98. The summed E-state index contributed by atoms with van der Waals surface area (Å²) in [5.74, 6) is 0.143. The first-order valence-electron chi connectivity index (χ1n) is 4.85. The van der Waals surface area contributed by atoms with Gasteiger partial charge in [-0.25, -0.2) is 0 Å². The number of hydrogen-bond donors (Lipinski definition) is 0. The van der Waals surface area contributed by atoms with Crippen molar-refractivity contribution >= 4 is 38.8 Å². The van der Waals surface area contributed by atoms with E-state index in [4.69, 9.17) is 11.6 Å². The zero-order chi connectivity index (χ0) is 11.0. The Morgan fingerprint density at radius 3 is 2.80 bits per heavy atom. The van der Waals surface area contributed by atoms with Crippen molar-refractivity contribution in [3.63, 3.8) is 0 Å². The first-order chi connectivity index (χ1) is 7.13. The number of carbonyl (C=O) groups is 1. The molecule has 0 aliphatic carbocycles. The molecule has 0 unspecified atom stereocenters. The lowest BCUT2D eigenvalue weighted by Gasteiger charge is -1.97. The van der Waals surface area contributed by atoms with Gasteiger partial charge in [-0.15, -0.1) is 11.3 Å². The van der Waals surface area contributed by atoms with Crippen LogP contribution >= 0.6 is 22.9 Å². The van der Waals surface area contributed by atoms with E-state index < -0.39 is 0 Å². The van der Waals surface area contributed by atoms with Gasteiger partial charge >= 0.3 is 0 Å². The Balaban J connectivity index is 2.79. The third kappa shape index (κ3) is 1.80. The largest absolute Gasteiger partial charge is 0.294 e. The van der Waals surface area contributed by atoms with Gasteiger partial charge in [-0.1, -0.05) is 18.5 Å². The number of fused-ring (bicyclic) bond motifs is 1. The molecule has 0 aliphatic heterocycles. The minimum absolute atomic E-state index is 0.143. The first-order valence-corrected chi connectivity index (χ1v) is 6.04. The molecule has 2 rings (SSSR count). The maximum absolute atomic E-state index is 11.5. The Morgan fingerprint density at radius 2 is 2.20 bits per heavy atom. The second kappa shape index (κ2) is 3.95. The van der Waals surface area contributed by atoms with Crippen molar-refractivity contribution < 1.29 is 4.79 Å². The standard InChI is InChI=1S/C12H11ClOS/c1-3-9-10-6-8(13)4-5-11(10)15-12(9)7(2)14/h4-6H,3H2,1-2H3. The summed E-state index contributed by atoms with van der Waals surface area (Å²) >= 11 is 7.51. The Bertz CT molecular complexity index is 528. The minimum Gasteiger partial charge on any atom is -0.294 e. The number of ketones is 1. The highest BCUT2D eigenvalue weighted by molar-refractivity contribution is 7.21. The Hall–Kier alpha value is -0.860. The lowest BCUT2D eigenvalue weighted by atomic mass is 10.1. The van der Waals surface area contributed by atoms with Crippen LogP contribution in [0.2, 0.25) is 5.02 Å². The summed E-state index contributed by atoms with van der Waals surface area (Å²) in [6.45, 7) is 3.68. The first kappa shape index (κ1) is 10.7. The monoisotopic (exact) mass is 238 g/mol. The molecule has 0 amide bonds. The van der Waals surface area contributed by atoms with E-state index in [9.17, 15) is 4.79 Å². The van der Waals surface area contributed by atoms with E-state index >= 15 is 0 Å². The molecular weight excluding hydrogens is 228 g/mol. The number of halogens is 1. The molecular formula is C12H11ClOS. The molecule has 0 atom stereocenters. The number of Topliss-reactive ketones (excluding diaryl/α,β-unsaturated/α-hetero) is 1. The summed E-state index contributed by atoms with van der Waals surface area (Å²) in [5.41, 5.74) is 1.13. The van der Waals surface area contributed by atoms with E-state index in [1.807, 2.05) is 18.2 Å². The molecule has 1 aromatic carbocycles. The molecule has 0 fully saturated rings. The molecule has 3 heteroatoms. The summed E-state index contributed by atoms with van der Waals surface area (Å²) in [6.07, 6.45) is 0.870. The van der Waals surface area contributed by atoms with Crippen molar-refractivity contribution in [1.82, 2.24) is 0 Å². The maximum Gasteiger partial charge on any atom is 0.170 e. The molecule has 0 spiro atoms. The van der Waals surface area contributed by atoms with Crippen LogP contribution in [0.1, 0.15) is 29.1 Å². The summed E-state index contributed by atoms with van der Waals surface area (Å²) in [5, 5.41) is 1.85. The van der Waals surface area contributed by atoms with Crippen LogP contribution < -0.4 is 0 Å². The fraction of sp³-hybridized carbons (Fsp3) is 0.250. The smallest absolute Gasteiger partial charge is 0.170 e. The molecule has 0 saturated carbocycles. The quantitative estimate of drug-likeness (QED) is 0.713. The lowest BCUT2D eigenvalue weighted by molar-refractivity contribution is 0.102. The van der Waals surface area contributed by atoms with Gasteiger partial charge in [0.1, 0.15) is 0 Å². The van der Waals surface area contributed by atoms with Gasteiger partial charge in [0.05, 0.1) is 4.88 Å². The highest BCUT2D eigenvalue weighted by Crippen LogP contribution is 2.33.